The third kappa shape index (κ3) is 3.64. The van der Waals surface area contributed by atoms with E-state index in [0.29, 0.717) is 18.3 Å². The third-order valence-electron chi connectivity index (χ3n) is 4.81. The van der Waals surface area contributed by atoms with Crippen molar-refractivity contribution in [2.45, 2.75) is 31.7 Å². The molecule has 0 bridgehead atoms. The van der Waals surface area contributed by atoms with Crippen LogP contribution < -0.4 is 5.32 Å². The van der Waals surface area contributed by atoms with Gasteiger partial charge in [-0.05, 0) is 35.6 Å². The standard InChI is InChI=1S/C20H21N5O/c26-19(14-25-23-20(22-24-25)16-8-2-1-3-9-16)21-13-17-11-6-10-15-7-4-5-12-18(15)17/h1-5,7-9,12,17H,6,10-11,13-14H2,(H,21,26)/t17-/m0/s1. The highest BCUT2D eigenvalue weighted by molar-refractivity contribution is 5.75. The first-order chi connectivity index (χ1) is 12.8. The zero-order valence-electron chi connectivity index (χ0n) is 14.5. The number of carbonyl (C=O) groups excluding carboxylic acids is 1. The number of hydrogen-bond acceptors (Lipinski definition) is 4. The Morgan fingerprint density at radius 3 is 2.81 bits per heavy atom. The summed E-state index contributed by atoms with van der Waals surface area (Å²) in [4.78, 5) is 13.6. The van der Waals surface area contributed by atoms with E-state index in [-0.39, 0.29) is 12.5 Å². The molecular weight excluding hydrogens is 326 g/mol. The van der Waals surface area contributed by atoms with Gasteiger partial charge in [0.2, 0.25) is 11.7 Å². The Kier molecular flexibility index (Phi) is 4.73. The predicted octanol–water partition coefficient (Wildman–Crippen LogP) is 2.58. The monoisotopic (exact) mass is 347 g/mol. The quantitative estimate of drug-likeness (QED) is 0.770. The lowest BCUT2D eigenvalue weighted by molar-refractivity contribution is -0.122. The van der Waals surface area contributed by atoms with Crippen molar-refractivity contribution in [3.63, 3.8) is 0 Å². The number of benzene rings is 2. The van der Waals surface area contributed by atoms with Gasteiger partial charge < -0.3 is 5.32 Å². The van der Waals surface area contributed by atoms with Crippen LogP contribution in [0.4, 0.5) is 0 Å². The second-order valence-corrected chi connectivity index (χ2v) is 6.60. The van der Waals surface area contributed by atoms with Gasteiger partial charge in [0.25, 0.3) is 0 Å². The van der Waals surface area contributed by atoms with Crippen LogP contribution in [0, 0.1) is 0 Å². The van der Waals surface area contributed by atoms with Gasteiger partial charge in [-0.25, -0.2) is 0 Å². The van der Waals surface area contributed by atoms with Crippen molar-refractivity contribution in [2.24, 2.45) is 0 Å². The number of nitrogens with zero attached hydrogens (tertiary/aromatic N) is 4. The lowest BCUT2D eigenvalue weighted by atomic mass is 9.83. The topological polar surface area (TPSA) is 72.7 Å². The number of rotatable bonds is 5. The lowest BCUT2D eigenvalue weighted by Crippen LogP contribution is -2.33. The molecule has 0 spiro atoms. The fraction of sp³-hybridized carbons (Fsp3) is 0.300. The van der Waals surface area contributed by atoms with E-state index in [1.165, 1.54) is 22.3 Å². The summed E-state index contributed by atoms with van der Waals surface area (Å²) in [5, 5.41) is 15.3. The Hall–Kier alpha value is -3.02. The summed E-state index contributed by atoms with van der Waals surface area (Å²) in [6, 6.07) is 18.1. The summed E-state index contributed by atoms with van der Waals surface area (Å²) in [5.74, 6) is 0.817. The molecule has 1 N–H and O–H groups in total. The van der Waals surface area contributed by atoms with Crippen molar-refractivity contribution >= 4 is 5.91 Å². The fourth-order valence-electron chi connectivity index (χ4n) is 3.50. The first-order valence-electron chi connectivity index (χ1n) is 8.97. The van der Waals surface area contributed by atoms with Gasteiger partial charge in [0.05, 0.1) is 0 Å². The molecule has 1 aliphatic rings. The molecule has 26 heavy (non-hydrogen) atoms. The molecule has 3 aromatic rings. The average Bonchev–Trinajstić information content (AvgIpc) is 3.15. The zero-order valence-corrected chi connectivity index (χ0v) is 14.5. The highest BCUT2D eigenvalue weighted by Crippen LogP contribution is 2.30. The average molecular weight is 347 g/mol. The van der Waals surface area contributed by atoms with E-state index in [1.54, 1.807) is 0 Å². The smallest absolute Gasteiger partial charge is 0.243 e. The van der Waals surface area contributed by atoms with Gasteiger partial charge in [-0.1, -0.05) is 54.6 Å². The maximum Gasteiger partial charge on any atom is 0.243 e. The van der Waals surface area contributed by atoms with Gasteiger partial charge in [-0.15, -0.1) is 10.2 Å². The molecule has 0 fully saturated rings. The minimum Gasteiger partial charge on any atom is -0.354 e. The Balaban J connectivity index is 1.35. The van der Waals surface area contributed by atoms with Gasteiger partial charge in [-0.3, -0.25) is 4.79 Å². The van der Waals surface area contributed by atoms with Crippen LogP contribution >= 0.6 is 0 Å². The van der Waals surface area contributed by atoms with Crippen molar-refractivity contribution in [3.05, 3.63) is 65.7 Å². The van der Waals surface area contributed by atoms with Crippen molar-refractivity contribution in [2.75, 3.05) is 6.54 Å². The molecule has 0 radical (unpaired) electrons. The molecule has 0 saturated carbocycles. The van der Waals surface area contributed by atoms with Crippen LogP contribution in [-0.2, 0) is 17.8 Å². The highest BCUT2D eigenvalue weighted by atomic mass is 16.2. The summed E-state index contributed by atoms with van der Waals surface area (Å²) in [5.41, 5.74) is 3.66. The lowest BCUT2D eigenvalue weighted by Gasteiger charge is -2.25. The molecule has 1 aromatic heterocycles. The Labute approximate surface area is 152 Å². The number of tetrazole rings is 1. The van der Waals surface area contributed by atoms with Crippen molar-refractivity contribution < 1.29 is 4.79 Å². The van der Waals surface area contributed by atoms with E-state index in [4.69, 9.17) is 0 Å². The Morgan fingerprint density at radius 1 is 1.12 bits per heavy atom. The molecule has 6 heteroatoms. The predicted molar refractivity (Wildman–Crippen MR) is 98.4 cm³/mol. The molecule has 1 heterocycles. The minimum atomic E-state index is -0.0925. The van der Waals surface area contributed by atoms with Crippen molar-refractivity contribution in [1.29, 1.82) is 0 Å². The van der Waals surface area contributed by atoms with Gasteiger partial charge in [0.1, 0.15) is 6.54 Å². The number of carbonyl (C=O) groups is 1. The number of nitrogens with one attached hydrogen (secondary N) is 1. The van der Waals surface area contributed by atoms with E-state index in [2.05, 4.69) is 45.0 Å². The number of amides is 1. The number of aryl methyl sites for hydroxylation is 1. The molecule has 0 saturated heterocycles. The number of hydrogen-bond donors (Lipinski definition) is 1. The molecule has 1 amide bonds. The van der Waals surface area contributed by atoms with E-state index < -0.39 is 0 Å². The van der Waals surface area contributed by atoms with Crippen LogP contribution in [0.5, 0.6) is 0 Å². The molecule has 132 valence electrons. The largest absolute Gasteiger partial charge is 0.354 e. The first-order valence-corrected chi connectivity index (χ1v) is 8.97. The summed E-state index contributed by atoms with van der Waals surface area (Å²) in [6.45, 7) is 0.726. The zero-order chi connectivity index (χ0) is 17.8. The SMILES string of the molecule is O=C(Cn1nnc(-c2ccccc2)n1)NC[C@@H]1CCCc2ccccc21. The van der Waals surface area contributed by atoms with Crippen LogP contribution in [-0.4, -0.2) is 32.7 Å². The maximum atomic E-state index is 12.3. The van der Waals surface area contributed by atoms with Gasteiger partial charge in [0, 0.05) is 18.0 Å². The van der Waals surface area contributed by atoms with Gasteiger partial charge in [-0.2, -0.15) is 4.80 Å². The summed E-state index contributed by atoms with van der Waals surface area (Å²) >= 11 is 0. The van der Waals surface area contributed by atoms with E-state index in [9.17, 15) is 4.79 Å². The molecule has 4 rings (SSSR count). The number of aromatic nitrogens is 4. The molecular formula is C20H21N5O. The van der Waals surface area contributed by atoms with Gasteiger partial charge in [0.15, 0.2) is 0 Å². The van der Waals surface area contributed by atoms with Gasteiger partial charge >= 0.3 is 0 Å². The summed E-state index contributed by atoms with van der Waals surface area (Å²) < 4.78 is 0. The second-order valence-electron chi connectivity index (χ2n) is 6.60. The van der Waals surface area contributed by atoms with E-state index >= 15 is 0 Å². The molecule has 1 atom stereocenters. The molecule has 2 aromatic carbocycles. The van der Waals surface area contributed by atoms with Crippen LogP contribution in [0.3, 0.4) is 0 Å². The third-order valence-corrected chi connectivity index (χ3v) is 4.81. The van der Waals surface area contributed by atoms with Crippen LogP contribution in [0.15, 0.2) is 54.6 Å². The molecule has 0 unspecified atom stereocenters. The molecule has 0 aliphatic heterocycles. The van der Waals surface area contributed by atoms with Crippen molar-refractivity contribution in [1.82, 2.24) is 25.5 Å². The van der Waals surface area contributed by atoms with E-state index in [0.717, 1.165) is 18.4 Å². The maximum absolute atomic E-state index is 12.3. The van der Waals surface area contributed by atoms with Crippen LogP contribution in [0.25, 0.3) is 11.4 Å². The Bertz CT molecular complexity index is 890. The molecule has 1 aliphatic carbocycles. The summed E-state index contributed by atoms with van der Waals surface area (Å²) in [7, 11) is 0. The van der Waals surface area contributed by atoms with E-state index in [1.807, 2.05) is 30.3 Å². The Morgan fingerprint density at radius 2 is 1.92 bits per heavy atom. The summed E-state index contributed by atoms with van der Waals surface area (Å²) in [6.07, 6.45) is 3.41. The van der Waals surface area contributed by atoms with Crippen LogP contribution in [0.2, 0.25) is 0 Å². The normalized spacial score (nSPS) is 16.1. The first kappa shape index (κ1) is 16.4. The minimum absolute atomic E-state index is 0.0776. The molecule has 6 nitrogen and oxygen atoms in total. The fourth-order valence-corrected chi connectivity index (χ4v) is 3.50. The number of fused-ring (bicyclic) bond motifs is 1. The second kappa shape index (κ2) is 7.47. The van der Waals surface area contributed by atoms with Crippen molar-refractivity contribution in [3.8, 4) is 11.4 Å². The van der Waals surface area contributed by atoms with Crippen LogP contribution in [0.1, 0.15) is 29.9 Å². The highest BCUT2D eigenvalue weighted by Gasteiger charge is 2.20.